The fourth-order valence-electron chi connectivity index (χ4n) is 5.30. The molecule has 1 unspecified atom stereocenters. The van der Waals surface area contributed by atoms with Crippen LogP contribution in [0.25, 0.3) is 0 Å². The Hall–Kier alpha value is -3.02. The Kier molecular flexibility index (Phi) is 20.5. The van der Waals surface area contributed by atoms with Gasteiger partial charge in [-0.2, -0.15) is 0 Å². The van der Waals surface area contributed by atoms with Crippen LogP contribution >= 0.6 is 0 Å². The summed E-state index contributed by atoms with van der Waals surface area (Å²) >= 11 is 0. The van der Waals surface area contributed by atoms with Gasteiger partial charge in [0.1, 0.15) is 6.10 Å². The van der Waals surface area contributed by atoms with E-state index in [2.05, 4.69) is 48.7 Å². The van der Waals surface area contributed by atoms with E-state index in [0.717, 1.165) is 12.8 Å². The number of ether oxygens (including phenoxy) is 2. The van der Waals surface area contributed by atoms with Crippen molar-refractivity contribution in [2.75, 3.05) is 17.2 Å². The predicted molar refractivity (Wildman–Crippen MR) is 185 cm³/mol. The Morgan fingerprint density at radius 3 is 1.39 bits per heavy atom. The SMILES string of the molecule is CCCCCCCCCCc1ccc(NC(=O)OCCC(C)OC(=O)Nc2ccc(CCCCCCCCCC)cc2)cc1. The van der Waals surface area contributed by atoms with Crippen molar-refractivity contribution in [3.05, 3.63) is 59.7 Å². The third kappa shape index (κ3) is 18.6. The molecule has 2 N–H and O–H groups in total. The number of carbonyl (C=O) groups excluding carboxylic acids is 2. The Morgan fingerprint density at radius 1 is 0.568 bits per heavy atom. The third-order valence-electron chi connectivity index (χ3n) is 8.10. The van der Waals surface area contributed by atoms with Crippen LogP contribution < -0.4 is 10.6 Å². The number of benzene rings is 2. The minimum absolute atomic E-state index is 0.157. The zero-order chi connectivity index (χ0) is 31.7. The molecule has 0 bridgehead atoms. The Morgan fingerprint density at radius 2 is 0.955 bits per heavy atom. The summed E-state index contributed by atoms with van der Waals surface area (Å²) in [4.78, 5) is 24.5. The number of amides is 2. The van der Waals surface area contributed by atoms with Crippen LogP contribution in [0.4, 0.5) is 21.0 Å². The fourth-order valence-corrected chi connectivity index (χ4v) is 5.30. The highest BCUT2D eigenvalue weighted by atomic mass is 16.6. The first-order chi connectivity index (χ1) is 21.5. The normalized spacial score (nSPS) is 11.6. The quantitative estimate of drug-likeness (QED) is 0.116. The van der Waals surface area contributed by atoms with Gasteiger partial charge in [-0.05, 0) is 68.0 Å². The van der Waals surface area contributed by atoms with Gasteiger partial charge >= 0.3 is 12.2 Å². The van der Waals surface area contributed by atoms with Crippen LogP contribution in [0, 0.1) is 0 Å². The smallest absolute Gasteiger partial charge is 0.411 e. The molecule has 0 heterocycles. The lowest BCUT2D eigenvalue weighted by molar-refractivity contribution is 0.0943. The van der Waals surface area contributed by atoms with E-state index in [1.165, 1.54) is 114 Å². The largest absolute Gasteiger partial charge is 0.449 e. The van der Waals surface area contributed by atoms with E-state index in [0.29, 0.717) is 17.8 Å². The highest BCUT2D eigenvalue weighted by Gasteiger charge is 2.12. The third-order valence-corrected chi connectivity index (χ3v) is 8.10. The van der Waals surface area contributed by atoms with Crippen molar-refractivity contribution < 1.29 is 19.1 Å². The van der Waals surface area contributed by atoms with Crippen molar-refractivity contribution in [3.8, 4) is 0 Å². The molecule has 44 heavy (non-hydrogen) atoms. The second-order valence-corrected chi connectivity index (χ2v) is 12.2. The van der Waals surface area contributed by atoms with Crippen molar-refractivity contribution in [1.29, 1.82) is 0 Å². The molecule has 0 spiro atoms. The standard InChI is InChI=1S/C38H60N2O4/c1-4-6-8-10-12-14-16-18-20-33-22-26-35(27-23-33)39-37(41)43-31-30-32(3)44-38(42)40-36-28-24-34(25-29-36)21-19-17-15-13-11-9-7-5-2/h22-29,32H,4-21,30-31H2,1-3H3,(H,39,41)(H,40,42). The topological polar surface area (TPSA) is 76.7 Å². The van der Waals surface area contributed by atoms with E-state index >= 15 is 0 Å². The van der Waals surface area contributed by atoms with Crippen LogP contribution in [-0.2, 0) is 22.3 Å². The number of nitrogens with one attached hydrogen (secondary N) is 2. The number of carbonyl (C=O) groups is 2. The average Bonchev–Trinajstić information content (AvgIpc) is 3.01. The Bertz CT molecular complexity index is 1010. The van der Waals surface area contributed by atoms with Gasteiger partial charge in [0.2, 0.25) is 0 Å². The first-order valence-corrected chi connectivity index (χ1v) is 17.6. The van der Waals surface area contributed by atoms with Gasteiger partial charge in [0.15, 0.2) is 0 Å². The van der Waals surface area contributed by atoms with Crippen molar-refractivity contribution in [1.82, 2.24) is 0 Å². The fraction of sp³-hybridized carbons (Fsp3) is 0.632. The number of unbranched alkanes of at least 4 members (excludes halogenated alkanes) is 14. The van der Waals surface area contributed by atoms with Crippen LogP contribution in [-0.4, -0.2) is 24.9 Å². The van der Waals surface area contributed by atoms with Crippen LogP contribution in [0.5, 0.6) is 0 Å². The Balaban J connectivity index is 1.53. The van der Waals surface area contributed by atoms with Gasteiger partial charge < -0.3 is 9.47 Å². The van der Waals surface area contributed by atoms with Gasteiger partial charge in [0.25, 0.3) is 0 Å². The van der Waals surface area contributed by atoms with E-state index < -0.39 is 12.2 Å². The summed E-state index contributed by atoms with van der Waals surface area (Å²) in [6.45, 7) is 6.45. The van der Waals surface area contributed by atoms with Gasteiger partial charge in [-0.25, -0.2) is 9.59 Å². The summed E-state index contributed by atoms with van der Waals surface area (Å²) in [5, 5.41) is 5.55. The summed E-state index contributed by atoms with van der Waals surface area (Å²) in [6.07, 6.45) is 22.2. The lowest BCUT2D eigenvalue weighted by atomic mass is 10.0. The molecule has 0 fully saturated rings. The molecule has 2 aromatic carbocycles. The zero-order valence-electron chi connectivity index (χ0n) is 28.0. The summed E-state index contributed by atoms with van der Waals surface area (Å²) in [6, 6.07) is 15.9. The monoisotopic (exact) mass is 608 g/mol. The van der Waals surface area contributed by atoms with Crippen LogP contribution in [0.1, 0.15) is 141 Å². The van der Waals surface area contributed by atoms with E-state index in [4.69, 9.17) is 9.47 Å². The van der Waals surface area contributed by atoms with Crippen LogP contribution in [0.15, 0.2) is 48.5 Å². The highest BCUT2D eigenvalue weighted by molar-refractivity contribution is 5.85. The summed E-state index contributed by atoms with van der Waals surface area (Å²) in [5.74, 6) is 0. The van der Waals surface area contributed by atoms with Gasteiger partial charge in [0, 0.05) is 17.8 Å². The molecule has 2 aromatic rings. The number of hydrogen-bond donors (Lipinski definition) is 2. The molecular weight excluding hydrogens is 548 g/mol. The number of anilines is 2. The molecular formula is C38H60N2O4. The molecule has 0 aliphatic heterocycles. The van der Waals surface area contributed by atoms with Gasteiger partial charge in [-0.3, -0.25) is 10.6 Å². The minimum Gasteiger partial charge on any atom is -0.449 e. The molecule has 0 aliphatic rings. The first kappa shape index (κ1) is 37.2. The molecule has 246 valence electrons. The molecule has 6 heteroatoms. The molecule has 0 radical (unpaired) electrons. The zero-order valence-corrected chi connectivity index (χ0v) is 28.0. The van der Waals surface area contributed by atoms with Crippen molar-refractivity contribution in [3.63, 3.8) is 0 Å². The van der Waals surface area contributed by atoms with E-state index in [-0.39, 0.29) is 12.7 Å². The maximum atomic E-state index is 12.3. The summed E-state index contributed by atoms with van der Waals surface area (Å²) in [7, 11) is 0. The van der Waals surface area contributed by atoms with E-state index in [1.54, 1.807) is 6.92 Å². The van der Waals surface area contributed by atoms with Crippen LogP contribution in [0.2, 0.25) is 0 Å². The number of rotatable bonds is 24. The Labute approximate surface area is 268 Å². The highest BCUT2D eigenvalue weighted by Crippen LogP contribution is 2.16. The molecule has 0 saturated heterocycles. The van der Waals surface area contributed by atoms with Crippen molar-refractivity contribution in [2.45, 2.75) is 149 Å². The summed E-state index contributed by atoms with van der Waals surface area (Å²) in [5.41, 5.74) is 3.99. The van der Waals surface area contributed by atoms with Crippen molar-refractivity contribution >= 4 is 23.6 Å². The molecule has 0 aliphatic carbocycles. The molecule has 6 nitrogen and oxygen atoms in total. The lowest BCUT2D eigenvalue weighted by Gasteiger charge is -2.14. The maximum Gasteiger partial charge on any atom is 0.411 e. The molecule has 0 aromatic heterocycles. The lowest BCUT2D eigenvalue weighted by Crippen LogP contribution is -2.22. The second-order valence-electron chi connectivity index (χ2n) is 12.2. The van der Waals surface area contributed by atoms with Gasteiger partial charge in [-0.15, -0.1) is 0 Å². The predicted octanol–water partition coefficient (Wildman–Crippen LogP) is 11.6. The minimum atomic E-state index is -0.510. The maximum absolute atomic E-state index is 12.3. The molecule has 2 amide bonds. The average molecular weight is 609 g/mol. The first-order valence-electron chi connectivity index (χ1n) is 17.6. The van der Waals surface area contributed by atoms with Crippen LogP contribution in [0.3, 0.4) is 0 Å². The summed E-state index contributed by atoms with van der Waals surface area (Å²) < 4.78 is 10.7. The number of aryl methyl sites for hydroxylation is 2. The molecule has 1 atom stereocenters. The second kappa shape index (κ2) is 24.3. The molecule has 2 rings (SSSR count). The van der Waals surface area contributed by atoms with Crippen molar-refractivity contribution in [2.24, 2.45) is 0 Å². The number of hydrogen-bond acceptors (Lipinski definition) is 4. The van der Waals surface area contributed by atoms with E-state index in [9.17, 15) is 9.59 Å². The van der Waals surface area contributed by atoms with Gasteiger partial charge in [-0.1, -0.05) is 128 Å². The van der Waals surface area contributed by atoms with Gasteiger partial charge in [0.05, 0.1) is 6.61 Å². The molecule has 0 saturated carbocycles. The van der Waals surface area contributed by atoms with E-state index in [1.807, 2.05) is 24.3 Å².